The summed E-state index contributed by atoms with van der Waals surface area (Å²) in [5, 5.41) is 0. The molecule has 0 unspecified atom stereocenters. The van der Waals surface area contributed by atoms with Crippen LogP contribution in [0.2, 0.25) is 0 Å². The van der Waals surface area contributed by atoms with Crippen LogP contribution in [0.4, 0.5) is 0 Å². The Bertz CT molecular complexity index is 386. The zero-order chi connectivity index (χ0) is 22.1. The predicted molar refractivity (Wildman–Crippen MR) is 133 cm³/mol. The van der Waals surface area contributed by atoms with Crippen LogP contribution in [-0.4, -0.2) is 12.6 Å². The number of unbranched alkanes of at least 4 members (excludes halogenated alkanes) is 19. The van der Waals surface area contributed by atoms with Gasteiger partial charge in [0.2, 0.25) is 0 Å². The van der Waals surface area contributed by atoms with E-state index in [1.165, 1.54) is 122 Å². The lowest BCUT2D eigenvalue weighted by atomic mass is 10.1. The third-order valence-corrected chi connectivity index (χ3v) is 6.06. The molecule has 0 aromatic carbocycles. The van der Waals surface area contributed by atoms with Gasteiger partial charge < -0.3 is 4.74 Å². The van der Waals surface area contributed by atoms with Crippen LogP contribution in [0.25, 0.3) is 0 Å². The van der Waals surface area contributed by atoms with Gasteiger partial charge >= 0.3 is 5.97 Å². The quantitative estimate of drug-likeness (QED) is 0.0930. The number of rotatable bonds is 23. The van der Waals surface area contributed by atoms with Crippen molar-refractivity contribution in [2.24, 2.45) is 0 Å². The lowest BCUT2D eigenvalue weighted by molar-refractivity contribution is -0.139. The van der Waals surface area contributed by atoms with E-state index in [4.69, 9.17) is 4.74 Å². The fourth-order valence-electron chi connectivity index (χ4n) is 3.90. The second-order valence-corrected chi connectivity index (χ2v) is 9.18. The maximum atomic E-state index is 12.0. The largest absolute Gasteiger partial charge is 0.462 e. The van der Waals surface area contributed by atoms with Crippen molar-refractivity contribution < 1.29 is 9.53 Å². The Labute approximate surface area is 189 Å². The Morgan fingerprint density at radius 1 is 0.567 bits per heavy atom. The minimum atomic E-state index is -0.113. The number of allylic oxidation sites excluding steroid dienone is 1. The third-order valence-electron chi connectivity index (χ3n) is 6.06. The first-order valence-electron chi connectivity index (χ1n) is 13.6. The molecule has 0 radical (unpaired) electrons. The van der Waals surface area contributed by atoms with Crippen LogP contribution < -0.4 is 0 Å². The van der Waals surface area contributed by atoms with E-state index in [2.05, 4.69) is 19.9 Å². The molecule has 2 nitrogen and oxygen atoms in total. The summed E-state index contributed by atoms with van der Waals surface area (Å²) in [6.07, 6.45) is 29.7. The molecule has 30 heavy (non-hydrogen) atoms. The molecule has 0 bridgehead atoms. The molecule has 0 spiro atoms. The van der Waals surface area contributed by atoms with Gasteiger partial charge in [-0.1, -0.05) is 135 Å². The van der Waals surface area contributed by atoms with Gasteiger partial charge in [-0.15, -0.1) is 0 Å². The molecule has 0 amide bonds. The van der Waals surface area contributed by atoms with Gasteiger partial charge in [0.15, 0.2) is 0 Å². The molecule has 0 saturated heterocycles. The second-order valence-electron chi connectivity index (χ2n) is 9.18. The van der Waals surface area contributed by atoms with E-state index in [1.807, 2.05) is 6.92 Å². The average molecular weight is 423 g/mol. The lowest BCUT2D eigenvalue weighted by Gasteiger charge is -2.06. The highest BCUT2D eigenvalue weighted by Crippen LogP contribution is 2.13. The predicted octanol–water partition coefficient (Wildman–Crippen LogP) is 9.71. The van der Waals surface area contributed by atoms with Crippen LogP contribution in [0.1, 0.15) is 156 Å². The summed E-state index contributed by atoms with van der Waals surface area (Å²) < 4.78 is 5.42. The number of carbonyl (C=O) groups is 1. The summed E-state index contributed by atoms with van der Waals surface area (Å²) in [7, 11) is 0. The van der Waals surface area contributed by atoms with Crippen LogP contribution in [0.3, 0.4) is 0 Å². The van der Waals surface area contributed by atoms with Crippen molar-refractivity contribution in [2.75, 3.05) is 6.61 Å². The summed E-state index contributed by atoms with van der Waals surface area (Å²) in [6, 6.07) is 0. The van der Waals surface area contributed by atoms with Gasteiger partial charge in [0, 0.05) is 5.57 Å². The zero-order valence-corrected chi connectivity index (χ0v) is 21.0. The molecule has 0 rings (SSSR count). The molecular formula is C28H54O2. The van der Waals surface area contributed by atoms with Crippen molar-refractivity contribution in [2.45, 2.75) is 156 Å². The molecule has 0 atom stereocenters. The van der Waals surface area contributed by atoms with E-state index in [1.54, 1.807) is 0 Å². The van der Waals surface area contributed by atoms with E-state index in [9.17, 15) is 4.79 Å². The van der Waals surface area contributed by atoms with Gasteiger partial charge in [0.05, 0.1) is 6.61 Å². The van der Waals surface area contributed by atoms with Crippen molar-refractivity contribution in [3.8, 4) is 0 Å². The van der Waals surface area contributed by atoms with Crippen LogP contribution >= 0.6 is 0 Å². The Morgan fingerprint density at radius 2 is 0.933 bits per heavy atom. The molecule has 0 fully saturated rings. The van der Waals surface area contributed by atoms with E-state index in [-0.39, 0.29) is 5.97 Å². The van der Waals surface area contributed by atoms with Crippen LogP contribution in [-0.2, 0) is 9.53 Å². The number of esters is 1. The lowest BCUT2D eigenvalue weighted by Crippen LogP contribution is -2.07. The van der Waals surface area contributed by atoms with Gasteiger partial charge in [-0.05, 0) is 26.2 Å². The first-order valence-corrected chi connectivity index (χ1v) is 13.6. The summed E-state index contributed by atoms with van der Waals surface area (Å²) >= 11 is 0. The highest BCUT2D eigenvalue weighted by Gasteiger charge is 2.04. The third kappa shape index (κ3) is 21.9. The summed E-state index contributed by atoms with van der Waals surface area (Å²) in [5.41, 5.74) is 0.789. The highest BCUT2D eigenvalue weighted by atomic mass is 16.5. The Morgan fingerprint density at radius 3 is 1.37 bits per heavy atom. The second kappa shape index (κ2) is 24.5. The first kappa shape index (κ1) is 29.2. The van der Waals surface area contributed by atoms with Crippen molar-refractivity contribution in [3.63, 3.8) is 0 Å². The van der Waals surface area contributed by atoms with Crippen LogP contribution in [0, 0.1) is 0 Å². The van der Waals surface area contributed by atoms with E-state index < -0.39 is 0 Å². The Hall–Kier alpha value is -0.790. The summed E-state index contributed by atoms with van der Waals surface area (Å²) in [5.74, 6) is -0.113. The normalized spacial score (nSPS) is 11.8. The fraction of sp³-hybridized carbons (Fsp3) is 0.893. The Balaban J connectivity index is 3.39. The average Bonchev–Trinajstić information content (AvgIpc) is 2.75. The van der Waals surface area contributed by atoms with Gasteiger partial charge in [-0.25, -0.2) is 4.79 Å². The van der Waals surface area contributed by atoms with Gasteiger partial charge in [-0.3, -0.25) is 0 Å². The van der Waals surface area contributed by atoms with Crippen molar-refractivity contribution in [1.29, 1.82) is 0 Å². The SMILES string of the molecule is CCCCCCCCCC/C=C(\C)C(=O)OCCCCCCCCCCCCCC. The molecule has 0 aliphatic rings. The van der Waals surface area contributed by atoms with Crippen molar-refractivity contribution >= 4 is 5.97 Å². The summed E-state index contributed by atoms with van der Waals surface area (Å²) in [6.45, 7) is 7.02. The van der Waals surface area contributed by atoms with Crippen LogP contribution in [0.15, 0.2) is 11.6 Å². The van der Waals surface area contributed by atoms with E-state index in [0.29, 0.717) is 6.61 Å². The number of carbonyl (C=O) groups excluding carboxylic acids is 1. The maximum absolute atomic E-state index is 12.0. The highest BCUT2D eigenvalue weighted by molar-refractivity contribution is 5.87. The van der Waals surface area contributed by atoms with E-state index >= 15 is 0 Å². The van der Waals surface area contributed by atoms with Crippen molar-refractivity contribution in [1.82, 2.24) is 0 Å². The van der Waals surface area contributed by atoms with E-state index in [0.717, 1.165) is 18.4 Å². The zero-order valence-electron chi connectivity index (χ0n) is 21.0. The topological polar surface area (TPSA) is 26.3 Å². The minimum Gasteiger partial charge on any atom is -0.462 e. The fourth-order valence-corrected chi connectivity index (χ4v) is 3.90. The molecule has 0 aliphatic carbocycles. The molecular weight excluding hydrogens is 368 g/mol. The number of hydrogen-bond donors (Lipinski definition) is 0. The molecule has 0 aliphatic heterocycles. The van der Waals surface area contributed by atoms with Gasteiger partial charge in [0.25, 0.3) is 0 Å². The smallest absolute Gasteiger partial charge is 0.333 e. The molecule has 0 heterocycles. The van der Waals surface area contributed by atoms with Gasteiger partial charge in [0.1, 0.15) is 0 Å². The molecule has 0 N–H and O–H groups in total. The van der Waals surface area contributed by atoms with Crippen LogP contribution in [0.5, 0.6) is 0 Å². The first-order chi connectivity index (χ1) is 14.7. The monoisotopic (exact) mass is 422 g/mol. The molecule has 0 saturated carbocycles. The minimum absolute atomic E-state index is 0.113. The molecule has 0 aromatic rings. The van der Waals surface area contributed by atoms with Gasteiger partial charge in [-0.2, -0.15) is 0 Å². The summed E-state index contributed by atoms with van der Waals surface area (Å²) in [4.78, 5) is 12.0. The molecule has 178 valence electrons. The standard InChI is InChI=1S/C28H54O2/c1-4-6-8-10-12-14-15-16-18-20-22-24-26-30-28(29)27(3)25-23-21-19-17-13-11-9-7-5-2/h25H,4-24,26H2,1-3H3/b27-25+. The maximum Gasteiger partial charge on any atom is 0.333 e. The molecule has 0 aromatic heterocycles. The number of ether oxygens (including phenoxy) is 1. The van der Waals surface area contributed by atoms with Crippen molar-refractivity contribution in [3.05, 3.63) is 11.6 Å². The number of hydrogen-bond acceptors (Lipinski definition) is 2. The Kier molecular flexibility index (Phi) is 23.8. The molecule has 2 heteroatoms.